The average molecular weight is 1570 g/mol. The quantitative estimate of drug-likeness (QED) is 0.0200. The number of nitrogens with zero attached hydrogens (tertiary/aromatic N) is 1. The van der Waals surface area contributed by atoms with E-state index < -0.39 is 272 Å². The molecule has 7 aliphatic heterocycles. The summed E-state index contributed by atoms with van der Waals surface area (Å²) in [6.07, 6.45) is -53.0. The van der Waals surface area contributed by atoms with Crippen molar-refractivity contribution in [1.29, 1.82) is 0 Å². The normalized spacial score (nSPS) is 39.0. The molecule has 614 valence electrons. The minimum Gasteiger partial charge on any atom is -0.477 e. The van der Waals surface area contributed by atoms with E-state index in [0.717, 1.165) is 23.6 Å². The largest absolute Gasteiger partial charge is 0.477 e. The van der Waals surface area contributed by atoms with Crippen LogP contribution in [0.4, 0.5) is 0 Å². The number of carboxylic acids is 1. The number of hydrogen-bond acceptors (Lipinski definition) is 39. The monoisotopic (exact) mass is 1570 g/mol. The maximum Gasteiger partial charge on any atom is 0.364 e. The zero-order chi connectivity index (χ0) is 78.9. The highest BCUT2D eigenvalue weighted by molar-refractivity contribution is 8.04. The van der Waals surface area contributed by atoms with Crippen LogP contribution < -0.4 is 10.6 Å². The first-order valence-corrected chi connectivity index (χ1v) is 36.2. The van der Waals surface area contributed by atoms with E-state index in [4.69, 9.17) is 56.8 Å². The number of carbonyl (C=O) groups is 7. The number of nitrogens with one attached hydrogen (secondary N) is 2. The van der Waals surface area contributed by atoms with Crippen LogP contribution in [0.5, 0.6) is 0 Å². The molecule has 7 rings (SSSR count). The molecule has 0 aromatic heterocycles. The number of aliphatic hydroxyl groups is 19. The molecule has 31 atom stereocenters. The number of amides is 4. The van der Waals surface area contributed by atoms with Crippen molar-refractivity contribution in [3.8, 4) is 0 Å². The summed E-state index contributed by atoms with van der Waals surface area (Å²) in [5, 5.41) is 223. The number of hydrogen-bond donors (Lipinski definition) is 22. The fourth-order valence-electron chi connectivity index (χ4n) is 13.3. The summed E-state index contributed by atoms with van der Waals surface area (Å²) in [6.45, 7) is -4.91. The van der Waals surface area contributed by atoms with Gasteiger partial charge in [-0.05, 0) is 25.7 Å². The Balaban J connectivity index is 0.960. The fourth-order valence-corrected chi connectivity index (χ4v) is 14.2. The summed E-state index contributed by atoms with van der Waals surface area (Å²) in [5.41, 5.74) is 0. The minimum atomic E-state index is -3.31. The molecule has 0 saturated carbocycles. The van der Waals surface area contributed by atoms with Crippen molar-refractivity contribution in [3.63, 3.8) is 0 Å². The van der Waals surface area contributed by atoms with Gasteiger partial charge in [0.05, 0.1) is 56.7 Å². The highest BCUT2D eigenvalue weighted by atomic mass is 32.2. The number of unbranched alkanes of at least 4 members (excludes halogenated alkanes) is 5. The van der Waals surface area contributed by atoms with Crippen molar-refractivity contribution in [3.05, 3.63) is 11.0 Å². The van der Waals surface area contributed by atoms with Crippen molar-refractivity contribution in [1.82, 2.24) is 15.5 Å². The van der Waals surface area contributed by atoms with Crippen molar-refractivity contribution < 1.29 is 193 Å². The molecule has 43 heteroatoms. The van der Waals surface area contributed by atoms with Crippen LogP contribution in [0.1, 0.15) is 90.9 Å². The molecule has 0 aromatic rings. The van der Waals surface area contributed by atoms with Gasteiger partial charge in [0, 0.05) is 64.0 Å². The second-order valence-electron chi connectivity index (χ2n) is 26.8. The number of carbonyl (C=O) groups excluding carboxylic acids is 6. The third kappa shape index (κ3) is 22.4. The summed E-state index contributed by atoms with van der Waals surface area (Å²) < 4.78 is 69.5. The lowest BCUT2D eigenvalue weighted by atomic mass is 9.88. The summed E-state index contributed by atoms with van der Waals surface area (Å²) >= 11 is 1.13. The maximum absolute atomic E-state index is 13.2. The molecule has 7 heterocycles. The van der Waals surface area contributed by atoms with Crippen LogP contribution in [-0.2, 0) is 90.4 Å². The van der Waals surface area contributed by atoms with Crippen LogP contribution in [0.15, 0.2) is 11.0 Å². The fraction of sp³-hybridized carbons (Fsp3) is 0.859. The van der Waals surface area contributed by atoms with Gasteiger partial charge in [-0.3, -0.25) is 33.7 Å². The number of carboxylic acid groups (broad SMARTS) is 1. The number of rotatable bonds is 41. The van der Waals surface area contributed by atoms with E-state index in [2.05, 4.69) is 10.6 Å². The Hall–Kier alpha value is -4.26. The highest BCUT2D eigenvalue weighted by Gasteiger charge is 2.62. The van der Waals surface area contributed by atoms with Crippen LogP contribution in [0.3, 0.4) is 0 Å². The molecule has 0 bridgehead atoms. The summed E-state index contributed by atoms with van der Waals surface area (Å²) in [5.74, 6) is -8.09. The van der Waals surface area contributed by atoms with E-state index in [9.17, 15) is 136 Å². The summed E-state index contributed by atoms with van der Waals surface area (Å²) in [7, 11) is 0. The highest BCUT2D eigenvalue weighted by Crippen LogP contribution is 2.41. The van der Waals surface area contributed by atoms with Gasteiger partial charge in [-0.1, -0.05) is 26.2 Å². The standard InChI is InChI=1S/C64H103N3O39S/c1-3-27(76)11-8-6-9-14-67-38(81)17-36(57(67)92)107-16-13-28(77)12-7-4-5-10-15-95-59-48(89)54(43(84)32(21-70)97-59)104-60-47(88)46(87)51(35(24-73)100-60)101-61-49(90)55(44(85)33(22-71)98-61)103-58-40(65-26(2)75)52(42(83)31(20-69)96-58)102-62-50(91)56(45(86)34(23-72)99-62)106-64(63(93)94)18-29(78)39(66-37(80)25-74)53(105-64)41(82)30(79)19-68/h17,29-35,39-56,58-62,68-74,78-79,82-91H,3-16,18-25H2,1-2H3,(H,65,75)(H,66,80)(H,93,94)/t29-,30-,31?,32?,33?,34?,35?,39-,40?,41-,42+,43+,44+,45+,46-,47?,48?,49?,50?,51+,52-,53?,54+,55+,56+,58+,59-,60+,61-,62+,64+/m1/s1. The average Bonchev–Trinajstić information content (AvgIpc) is 0.801. The van der Waals surface area contributed by atoms with Crippen LogP contribution >= 0.6 is 11.8 Å². The lowest BCUT2D eigenvalue weighted by Gasteiger charge is -2.51. The van der Waals surface area contributed by atoms with Crippen LogP contribution in [0.25, 0.3) is 0 Å². The van der Waals surface area contributed by atoms with Crippen LogP contribution in [-0.4, -0.2) is 403 Å². The number of ether oxygens (including phenoxy) is 12. The van der Waals surface area contributed by atoms with Crippen molar-refractivity contribution >= 4 is 52.9 Å². The Morgan fingerprint density at radius 3 is 1.61 bits per heavy atom. The number of ketones is 2. The topological polar surface area (TPSA) is 662 Å². The Morgan fingerprint density at radius 1 is 0.561 bits per heavy atom. The Kier molecular flexibility index (Phi) is 35.3. The van der Waals surface area contributed by atoms with Gasteiger partial charge >= 0.3 is 5.97 Å². The predicted molar refractivity (Wildman–Crippen MR) is 348 cm³/mol. The predicted octanol–water partition coefficient (Wildman–Crippen LogP) is -11.2. The van der Waals surface area contributed by atoms with Gasteiger partial charge in [-0.25, -0.2) is 4.79 Å². The molecule has 0 spiro atoms. The van der Waals surface area contributed by atoms with Crippen LogP contribution in [0, 0.1) is 0 Å². The molecule has 0 aliphatic carbocycles. The Morgan fingerprint density at radius 2 is 1.05 bits per heavy atom. The molecule has 0 aromatic carbocycles. The van der Waals surface area contributed by atoms with E-state index in [1.165, 1.54) is 6.08 Å². The first-order valence-electron chi connectivity index (χ1n) is 35.2. The molecule has 4 amide bonds. The number of thioether (sulfide) groups is 1. The minimum absolute atomic E-state index is 0.0554. The van der Waals surface area contributed by atoms with E-state index in [1.807, 2.05) is 0 Å². The van der Waals surface area contributed by atoms with E-state index in [1.54, 1.807) is 6.92 Å². The molecular weight excluding hydrogens is 1470 g/mol. The van der Waals surface area contributed by atoms with Gasteiger partial charge in [-0.2, -0.15) is 0 Å². The zero-order valence-electron chi connectivity index (χ0n) is 58.5. The molecule has 0 radical (unpaired) electrons. The summed E-state index contributed by atoms with van der Waals surface area (Å²) in [4.78, 5) is 89.4. The summed E-state index contributed by atoms with van der Waals surface area (Å²) in [6, 6.07) is -3.82. The first kappa shape index (κ1) is 89.9. The molecule has 7 aliphatic rings. The van der Waals surface area contributed by atoms with E-state index in [-0.39, 0.29) is 48.2 Å². The second-order valence-corrected chi connectivity index (χ2v) is 28.0. The molecule has 107 heavy (non-hydrogen) atoms. The lowest BCUT2D eigenvalue weighted by molar-refractivity contribution is -0.393. The van der Waals surface area contributed by atoms with Gasteiger partial charge in [0.15, 0.2) is 31.5 Å². The number of aliphatic hydroxyl groups excluding tert-OH is 19. The maximum atomic E-state index is 13.2. The van der Waals surface area contributed by atoms with Gasteiger partial charge in [0.2, 0.25) is 11.8 Å². The third-order valence-corrected chi connectivity index (χ3v) is 20.3. The number of aliphatic carboxylic acids is 1. The van der Waals surface area contributed by atoms with Gasteiger partial charge < -0.3 is 170 Å². The molecule has 42 nitrogen and oxygen atoms in total. The molecule has 6 saturated heterocycles. The van der Waals surface area contributed by atoms with E-state index in [0.29, 0.717) is 57.8 Å². The van der Waals surface area contributed by atoms with E-state index >= 15 is 0 Å². The Bertz CT molecular complexity index is 2900. The second kappa shape index (κ2) is 42.0. The van der Waals surface area contributed by atoms with Gasteiger partial charge in [0.25, 0.3) is 17.6 Å². The lowest BCUT2D eigenvalue weighted by Crippen LogP contribution is -2.71. The SMILES string of the molecule is CCC(=O)CCCCCN1C(=O)C=C(SCCC(=O)CCCCCCO[C@@H]2OC(CO)[C@H](O)[C@H](O[C@@H]3OC(CO)[C@H](O[C@H]4OC(CO)[C@H](O)[C@H](O[C@@H]5OC(CO)[C@H](O)[C@H](O[C@@H]6OC(CO)[C@H](O)[C@H](O[C@]7(C(=O)O)C[C@@H](O)[C@@H](NC(=O)CO)C([C@H](O)[C@H](O)CO)O7)C6O)C5NC(C)=O)C4O)[C@H](O)C3O)C2O)C1=O. The molecule has 6 fully saturated rings. The van der Waals surface area contributed by atoms with Crippen molar-refractivity contribution in [2.75, 3.05) is 65.2 Å². The zero-order valence-corrected chi connectivity index (χ0v) is 59.3. The number of Topliss-reactive ketones (excluding diaryl/α,β-unsaturated/α-hetero) is 2. The van der Waals surface area contributed by atoms with Crippen molar-refractivity contribution in [2.24, 2.45) is 0 Å². The first-order chi connectivity index (χ1) is 50.9. The molecular formula is C64H103N3O39S. The third-order valence-electron chi connectivity index (χ3n) is 19.3. The number of imide groups is 1. The smallest absolute Gasteiger partial charge is 0.364 e. The van der Waals surface area contributed by atoms with Gasteiger partial charge in [0.1, 0.15) is 159 Å². The molecule has 11 unspecified atom stereocenters. The van der Waals surface area contributed by atoms with Crippen LogP contribution in [0.2, 0.25) is 0 Å². The Labute approximate surface area is 615 Å². The van der Waals surface area contributed by atoms with Crippen molar-refractivity contribution in [2.45, 2.75) is 281 Å². The molecule has 22 N–H and O–H groups in total. The van der Waals surface area contributed by atoms with Gasteiger partial charge in [-0.15, -0.1) is 11.8 Å².